The second-order valence-electron chi connectivity index (χ2n) is 6.91. The molecular formula is C14H19ClO6. The van der Waals surface area contributed by atoms with Crippen LogP contribution in [0.5, 0.6) is 0 Å². The summed E-state index contributed by atoms with van der Waals surface area (Å²) >= 11 is 5.28. The van der Waals surface area contributed by atoms with Gasteiger partial charge in [-0.2, -0.15) is 0 Å². The highest BCUT2D eigenvalue weighted by molar-refractivity contribution is 6.26. The van der Waals surface area contributed by atoms with Gasteiger partial charge >= 0.3 is 11.9 Å². The Balaban J connectivity index is 1.67. The second-order valence-corrected chi connectivity index (χ2v) is 7.18. The molecule has 4 saturated carbocycles. The fraction of sp³-hybridized carbons (Fsp3) is 0.857. The normalized spacial score (nSPS) is 43.7. The Morgan fingerprint density at radius 3 is 2.19 bits per heavy atom. The first-order valence-electron chi connectivity index (χ1n) is 7.14. The summed E-state index contributed by atoms with van der Waals surface area (Å²) in [5.74, 6) is -1.51. The van der Waals surface area contributed by atoms with Gasteiger partial charge in [0.25, 0.3) is 0 Å². The first kappa shape index (κ1) is 15.1. The largest absolute Gasteiger partial charge is 0.456 e. The zero-order valence-electron chi connectivity index (χ0n) is 11.6. The predicted molar refractivity (Wildman–Crippen MR) is 71.6 cm³/mol. The third-order valence-corrected chi connectivity index (χ3v) is 4.97. The van der Waals surface area contributed by atoms with Gasteiger partial charge in [0, 0.05) is 19.3 Å². The van der Waals surface area contributed by atoms with Gasteiger partial charge in [0.2, 0.25) is 0 Å². The highest BCUT2D eigenvalue weighted by Crippen LogP contribution is 2.60. The summed E-state index contributed by atoms with van der Waals surface area (Å²) in [4.78, 5) is 22.8. The van der Waals surface area contributed by atoms with Crippen LogP contribution in [-0.4, -0.2) is 51.4 Å². The maximum Gasteiger partial charge on any atom is 0.344 e. The van der Waals surface area contributed by atoms with Crippen molar-refractivity contribution in [3.8, 4) is 0 Å². The van der Waals surface area contributed by atoms with Gasteiger partial charge < -0.3 is 19.7 Å². The number of aliphatic hydroxyl groups is 2. The maximum absolute atomic E-state index is 11.9. The molecule has 118 valence electrons. The average Bonchev–Trinajstić information content (AvgIpc) is 2.30. The van der Waals surface area contributed by atoms with Gasteiger partial charge in [0.05, 0.1) is 11.2 Å². The highest BCUT2D eigenvalue weighted by atomic mass is 35.5. The molecule has 7 heteroatoms. The molecule has 0 heterocycles. The first-order chi connectivity index (χ1) is 9.76. The van der Waals surface area contributed by atoms with E-state index in [0.717, 1.165) is 0 Å². The zero-order valence-corrected chi connectivity index (χ0v) is 12.4. The van der Waals surface area contributed by atoms with Crippen molar-refractivity contribution in [2.24, 2.45) is 5.92 Å². The van der Waals surface area contributed by atoms with Crippen LogP contribution in [0.4, 0.5) is 0 Å². The summed E-state index contributed by atoms with van der Waals surface area (Å²) in [6.45, 7) is -0.491. The summed E-state index contributed by atoms with van der Waals surface area (Å²) in [5, 5.41) is 21.1. The SMILES string of the molecule is O=C(CCl)OCC(=O)OC12CC3CC(O)(CC(O)(C3)C1)C2. The number of rotatable bonds is 4. The molecule has 0 amide bonds. The van der Waals surface area contributed by atoms with Crippen LogP contribution >= 0.6 is 11.6 Å². The number of carbonyl (C=O) groups is 2. The Kier molecular flexibility index (Phi) is 3.46. The highest BCUT2D eigenvalue weighted by Gasteiger charge is 2.64. The van der Waals surface area contributed by atoms with E-state index in [9.17, 15) is 19.8 Å². The summed E-state index contributed by atoms with van der Waals surface area (Å²) < 4.78 is 10.1. The lowest BCUT2D eigenvalue weighted by molar-refractivity contribution is -0.262. The van der Waals surface area contributed by atoms with Crippen LogP contribution in [0.1, 0.15) is 38.5 Å². The molecular weight excluding hydrogens is 300 g/mol. The van der Waals surface area contributed by atoms with Crippen LogP contribution in [0.15, 0.2) is 0 Å². The lowest BCUT2D eigenvalue weighted by Gasteiger charge is -2.62. The van der Waals surface area contributed by atoms with Crippen LogP contribution in [0, 0.1) is 5.92 Å². The fourth-order valence-electron chi connectivity index (χ4n) is 4.81. The Morgan fingerprint density at radius 2 is 1.67 bits per heavy atom. The molecule has 0 aromatic carbocycles. The van der Waals surface area contributed by atoms with Crippen molar-refractivity contribution >= 4 is 23.5 Å². The van der Waals surface area contributed by atoms with Crippen molar-refractivity contribution in [2.45, 2.75) is 55.3 Å². The van der Waals surface area contributed by atoms with Crippen molar-refractivity contribution in [1.82, 2.24) is 0 Å². The smallest absolute Gasteiger partial charge is 0.344 e. The molecule has 2 N–H and O–H groups in total. The van der Waals surface area contributed by atoms with Crippen molar-refractivity contribution in [1.29, 1.82) is 0 Å². The number of hydrogen-bond donors (Lipinski definition) is 2. The number of esters is 2. The van der Waals surface area contributed by atoms with Crippen LogP contribution in [0.25, 0.3) is 0 Å². The third kappa shape index (κ3) is 2.89. The number of ether oxygens (including phenoxy) is 2. The van der Waals surface area contributed by atoms with Crippen molar-refractivity contribution in [3.05, 3.63) is 0 Å². The monoisotopic (exact) mass is 318 g/mol. The molecule has 0 spiro atoms. The molecule has 2 atom stereocenters. The second kappa shape index (κ2) is 4.83. The molecule has 0 aliphatic heterocycles. The summed E-state index contributed by atoms with van der Waals surface area (Å²) in [7, 11) is 0. The Hall–Kier alpha value is -0.850. The summed E-state index contributed by atoms with van der Waals surface area (Å²) in [5.41, 5.74) is -2.75. The van der Waals surface area contributed by atoms with Crippen LogP contribution in [-0.2, 0) is 19.1 Å². The van der Waals surface area contributed by atoms with Gasteiger partial charge in [-0.3, -0.25) is 4.79 Å². The van der Waals surface area contributed by atoms with E-state index in [1.807, 2.05) is 0 Å². The molecule has 4 aliphatic carbocycles. The third-order valence-electron chi connectivity index (χ3n) is 4.75. The van der Waals surface area contributed by atoms with E-state index in [-0.39, 0.29) is 11.8 Å². The average molecular weight is 319 g/mol. The molecule has 4 bridgehead atoms. The number of alkyl halides is 1. The molecule has 4 rings (SSSR count). The molecule has 0 saturated heterocycles. The molecule has 4 fully saturated rings. The van der Waals surface area contributed by atoms with Gasteiger partial charge in [-0.25, -0.2) is 4.79 Å². The number of carbonyl (C=O) groups excluding carboxylic acids is 2. The molecule has 6 nitrogen and oxygen atoms in total. The predicted octanol–water partition coefficient (Wildman–Crippen LogP) is 0.510. The van der Waals surface area contributed by atoms with Crippen LogP contribution in [0.3, 0.4) is 0 Å². The van der Waals surface area contributed by atoms with E-state index < -0.39 is 35.3 Å². The minimum atomic E-state index is -0.957. The Morgan fingerprint density at radius 1 is 1.05 bits per heavy atom. The topological polar surface area (TPSA) is 93.1 Å². The van der Waals surface area contributed by atoms with Crippen molar-refractivity contribution in [2.75, 3.05) is 12.5 Å². The minimum Gasteiger partial charge on any atom is -0.456 e. The Bertz CT molecular complexity index is 460. The molecule has 2 unspecified atom stereocenters. The van der Waals surface area contributed by atoms with Gasteiger partial charge in [0.15, 0.2) is 6.61 Å². The maximum atomic E-state index is 11.9. The van der Waals surface area contributed by atoms with Crippen molar-refractivity contribution < 1.29 is 29.3 Å². The van der Waals surface area contributed by atoms with Gasteiger partial charge in [-0.1, -0.05) is 0 Å². The fourth-order valence-corrected chi connectivity index (χ4v) is 4.89. The molecule has 0 aromatic heterocycles. The van der Waals surface area contributed by atoms with Gasteiger partial charge in [0.1, 0.15) is 11.5 Å². The minimum absolute atomic E-state index is 0.162. The molecule has 0 aromatic rings. The lowest BCUT2D eigenvalue weighted by atomic mass is 9.50. The van der Waals surface area contributed by atoms with Gasteiger partial charge in [-0.05, 0) is 25.2 Å². The molecule has 21 heavy (non-hydrogen) atoms. The lowest BCUT2D eigenvalue weighted by Crippen LogP contribution is -2.67. The van der Waals surface area contributed by atoms with E-state index in [1.54, 1.807) is 0 Å². The van der Waals surface area contributed by atoms with E-state index >= 15 is 0 Å². The van der Waals surface area contributed by atoms with E-state index in [2.05, 4.69) is 4.74 Å². The zero-order chi connectivity index (χ0) is 15.3. The Labute approximate surface area is 127 Å². The van der Waals surface area contributed by atoms with Crippen molar-refractivity contribution in [3.63, 3.8) is 0 Å². The molecule has 4 aliphatic rings. The first-order valence-corrected chi connectivity index (χ1v) is 7.67. The summed E-state index contributed by atoms with van der Waals surface area (Å²) in [6, 6.07) is 0. The van der Waals surface area contributed by atoms with E-state index in [1.165, 1.54) is 0 Å². The summed E-state index contributed by atoms with van der Waals surface area (Å²) in [6.07, 6.45) is 2.97. The quantitative estimate of drug-likeness (QED) is 0.579. The van der Waals surface area contributed by atoms with Crippen LogP contribution < -0.4 is 0 Å². The number of halogens is 1. The van der Waals surface area contributed by atoms with E-state index in [0.29, 0.717) is 38.5 Å². The van der Waals surface area contributed by atoms with Crippen LogP contribution in [0.2, 0.25) is 0 Å². The number of hydrogen-bond acceptors (Lipinski definition) is 6. The molecule has 0 radical (unpaired) electrons. The van der Waals surface area contributed by atoms with E-state index in [4.69, 9.17) is 16.3 Å². The standard InChI is InChI=1S/C14H19ClO6/c15-4-10(16)20-5-11(17)21-14-3-9-1-12(18,7-14)6-13(19,2-9)8-14/h9,18-19H,1-8H2. The van der Waals surface area contributed by atoms with Gasteiger partial charge in [-0.15, -0.1) is 11.6 Å².